The van der Waals surface area contributed by atoms with Gasteiger partial charge in [-0.15, -0.1) is 0 Å². The van der Waals surface area contributed by atoms with E-state index in [1.165, 1.54) is 0 Å². The molecule has 2 N–H and O–H groups in total. The summed E-state index contributed by atoms with van der Waals surface area (Å²) in [6.07, 6.45) is 1.35. The molecular weight excluding hydrogens is 256 g/mol. The molecule has 3 heterocycles. The number of carbonyl (C=O) groups excluding carboxylic acids is 1. The second-order valence-electron chi connectivity index (χ2n) is 5.38. The van der Waals surface area contributed by atoms with Crippen LogP contribution in [0.4, 0.5) is 5.95 Å². The number of nitrogen functional groups attached to an aromatic ring is 1. The molecule has 0 aliphatic carbocycles. The van der Waals surface area contributed by atoms with Crippen molar-refractivity contribution in [1.82, 2.24) is 24.2 Å². The fourth-order valence-electron chi connectivity index (χ4n) is 2.99. The van der Waals surface area contributed by atoms with Gasteiger partial charge in [-0.25, -0.2) is 9.67 Å². The number of imidazole rings is 1. The summed E-state index contributed by atoms with van der Waals surface area (Å²) in [5.41, 5.74) is 8.84. The van der Waals surface area contributed by atoms with E-state index in [1.807, 2.05) is 23.2 Å². The Kier molecular flexibility index (Phi) is 2.92. The van der Waals surface area contributed by atoms with Crippen molar-refractivity contribution in [3.63, 3.8) is 0 Å². The number of aryl methyl sites for hydroxylation is 2. The number of aromatic nitrogens is 4. The van der Waals surface area contributed by atoms with Gasteiger partial charge in [0.1, 0.15) is 5.52 Å². The highest BCUT2D eigenvalue weighted by molar-refractivity contribution is 5.79. The van der Waals surface area contributed by atoms with E-state index < -0.39 is 0 Å². The topological polar surface area (TPSA) is 82.0 Å². The molecule has 7 nitrogen and oxygen atoms in total. The van der Waals surface area contributed by atoms with Crippen LogP contribution in [-0.2, 0) is 11.3 Å². The standard InChI is InChI=1S/C13H20N6O/c1-4-18-12-11(8(2)16-18)15-13(14)19(12)9-5-6-10(20)17(3)7-9/h9H,4-7H2,1-3H3,(H2,14,15). The molecule has 1 unspecified atom stereocenters. The first kappa shape index (κ1) is 13.0. The third-order valence-electron chi connectivity index (χ3n) is 4.04. The largest absolute Gasteiger partial charge is 0.369 e. The molecular formula is C13H20N6O. The van der Waals surface area contributed by atoms with Crippen LogP contribution in [0.3, 0.4) is 0 Å². The van der Waals surface area contributed by atoms with Crippen LogP contribution in [0.5, 0.6) is 0 Å². The highest BCUT2D eigenvalue weighted by Crippen LogP contribution is 2.30. The normalized spacial score (nSPS) is 20.1. The lowest BCUT2D eigenvalue weighted by molar-refractivity contribution is -0.132. The molecule has 0 bridgehead atoms. The lowest BCUT2D eigenvalue weighted by Crippen LogP contribution is -2.38. The van der Waals surface area contributed by atoms with Crippen LogP contribution >= 0.6 is 0 Å². The summed E-state index contributed by atoms with van der Waals surface area (Å²) in [5, 5.41) is 4.50. The minimum absolute atomic E-state index is 0.170. The molecule has 0 radical (unpaired) electrons. The molecule has 1 fully saturated rings. The quantitative estimate of drug-likeness (QED) is 0.885. The number of likely N-dealkylation sites (N-methyl/N-ethyl adjacent to an activating group) is 1. The highest BCUT2D eigenvalue weighted by Gasteiger charge is 2.28. The van der Waals surface area contributed by atoms with Gasteiger partial charge in [0.15, 0.2) is 5.65 Å². The van der Waals surface area contributed by atoms with Crippen molar-refractivity contribution in [3.8, 4) is 0 Å². The predicted octanol–water partition coefficient (Wildman–Crippen LogP) is 0.937. The number of piperidine rings is 1. The lowest BCUT2D eigenvalue weighted by Gasteiger charge is -2.31. The van der Waals surface area contributed by atoms with Crippen molar-refractivity contribution < 1.29 is 4.79 Å². The van der Waals surface area contributed by atoms with Gasteiger partial charge in [0.2, 0.25) is 11.9 Å². The van der Waals surface area contributed by atoms with Crippen LogP contribution in [-0.4, -0.2) is 43.7 Å². The molecule has 1 aliphatic rings. The Morgan fingerprint density at radius 2 is 2.20 bits per heavy atom. The molecule has 1 saturated heterocycles. The third kappa shape index (κ3) is 1.76. The number of nitrogens with two attached hydrogens (primary N) is 1. The maximum Gasteiger partial charge on any atom is 0.222 e. The SMILES string of the molecule is CCn1nc(C)c2nc(N)n(C3CCC(=O)N(C)C3)c21. The van der Waals surface area contributed by atoms with Crippen LogP contribution in [0.1, 0.15) is 31.5 Å². The summed E-state index contributed by atoms with van der Waals surface area (Å²) in [6, 6.07) is 0.170. The van der Waals surface area contributed by atoms with Gasteiger partial charge in [-0.1, -0.05) is 0 Å². The number of fused-ring (bicyclic) bond motifs is 1. The summed E-state index contributed by atoms with van der Waals surface area (Å²) >= 11 is 0. The molecule has 7 heteroatoms. The molecule has 0 saturated carbocycles. The second kappa shape index (κ2) is 4.50. The van der Waals surface area contributed by atoms with E-state index in [-0.39, 0.29) is 11.9 Å². The van der Waals surface area contributed by atoms with Gasteiger partial charge in [0.05, 0.1) is 11.7 Å². The van der Waals surface area contributed by atoms with Crippen LogP contribution in [0, 0.1) is 6.92 Å². The maximum atomic E-state index is 11.6. The van der Waals surface area contributed by atoms with Crippen molar-refractivity contribution in [2.75, 3.05) is 19.3 Å². The minimum atomic E-state index is 0.170. The zero-order valence-corrected chi connectivity index (χ0v) is 12.1. The average molecular weight is 276 g/mol. The number of amides is 1. The van der Waals surface area contributed by atoms with E-state index in [4.69, 9.17) is 5.73 Å². The second-order valence-corrected chi connectivity index (χ2v) is 5.38. The number of anilines is 1. The molecule has 0 spiro atoms. The summed E-state index contributed by atoms with van der Waals surface area (Å²) in [5.74, 6) is 0.701. The Morgan fingerprint density at radius 1 is 1.45 bits per heavy atom. The highest BCUT2D eigenvalue weighted by atomic mass is 16.2. The zero-order chi connectivity index (χ0) is 14.4. The van der Waals surface area contributed by atoms with Gasteiger partial charge in [0.25, 0.3) is 0 Å². The molecule has 2 aromatic heterocycles. The first-order valence-corrected chi connectivity index (χ1v) is 6.97. The Labute approximate surface area is 117 Å². The van der Waals surface area contributed by atoms with Crippen molar-refractivity contribution in [3.05, 3.63) is 5.69 Å². The van der Waals surface area contributed by atoms with Crippen LogP contribution < -0.4 is 5.73 Å². The van der Waals surface area contributed by atoms with Crippen molar-refractivity contribution in [2.45, 2.75) is 39.3 Å². The first-order chi connectivity index (χ1) is 9.52. The van der Waals surface area contributed by atoms with Crippen LogP contribution in [0.2, 0.25) is 0 Å². The van der Waals surface area contributed by atoms with E-state index in [2.05, 4.69) is 17.0 Å². The monoisotopic (exact) mass is 276 g/mol. The Morgan fingerprint density at radius 3 is 2.85 bits per heavy atom. The molecule has 3 rings (SSSR count). The van der Waals surface area contributed by atoms with Gasteiger partial charge >= 0.3 is 0 Å². The minimum Gasteiger partial charge on any atom is -0.369 e. The number of nitrogens with zero attached hydrogens (tertiary/aromatic N) is 5. The van der Waals surface area contributed by atoms with Crippen LogP contribution in [0.25, 0.3) is 11.2 Å². The van der Waals surface area contributed by atoms with E-state index in [9.17, 15) is 4.79 Å². The van der Waals surface area contributed by atoms with Crippen LogP contribution in [0.15, 0.2) is 0 Å². The third-order valence-corrected chi connectivity index (χ3v) is 4.04. The number of likely N-dealkylation sites (tertiary alicyclic amines) is 1. The molecule has 1 aliphatic heterocycles. The van der Waals surface area contributed by atoms with Gasteiger partial charge in [-0.3, -0.25) is 9.36 Å². The van der Waals surface area contributed by atoms with Crippen molar-refractivity contribution in [1.29, 1.82) is 0 Å². The zero-order valence-electron chi connectivity index (χ0n) is 12.1. The smallest absolute Gasteiger partial charge is 0.222 e. The van der Waals surface area contributed by atoms with E-state index in [0.717, 1.165) is 29.8 Å². The Balaban J connectivity index is 2.11. The first-order valence-electron chi connectivity index (χ1n) is 6.97. The molecule has 1 atom stereocenters. The molecule has 1 amide bonds. The summed E-state index contributed by atoms with van der Waals surface area (Å²) in [6.45, 7) is 5.44. The van der Waals surface area contributed by atoms with E-state index >= 15 is 0 Å². The Bertz CT molecular complexity index is 670. The summed E-state index contributed by atoms with van der Waals surface area (Å²) < 4.78 is 3.98. The molecule has 20 heavy (non-hydrogen) atoms. The fourth-order valence-corrected chi connectivity index (χ4v) is 2.99. The molecule has 108 valence electrons. The number of hydrogen-bond acceptors (Lipinski definition) is 4. The van der Waals surface area contributed by atoms with Gasteiger partial charge < -0.3 is 10.6 Å². The number of hydrogen-bond donors (Lipinski definition) is 1. The Hall–Kier alpha value is -2.05. The summed E-state index contributed by atoms with van der Waals surface area (Å²) in [4.78, 5) is 17.9. The van der Waals surface area contributed by atoms with Gasteiger partial charge in [-0.05, 0) is 20.3 Å². The van der Waals surface area contributed by atoms with Crippen molar-refractivity contribution >= 4 is 23.0 Å². The van der Waals surface area contributed by atoms with Crippen molar-refractivity contribution in [2.24, 2.45) is 0 Å². The van der Waals surface area contributed by atoms with E-state index in [1.54, 1.807) is 4.90 Å². The predicted molar refractivity (Wildman–Crippen MR) is 76.2 cm³/mol. The fraction of sp³-hybridized carbons (Fsp3) is 0.615. The molecule has 2 aromatic rings. The number of carbonyl (C=O) groups is 1. The molecule has 0 aromatic carbocycles. The van der Waals surface area contributed by atoms with Gasteiger partial charge in [0, 0.05) is 26.6 Å². The van der Waals surface area contributed by atoms with E-state index in [0.29, 0.717) is 18.9 Å². The lowest BCUT2D eigenvalue weighted by atomic mass is 10.1. The number of rotatable bonds is 2. The summed E-state index contributed by atoms with van der Waals surface area (Å²) in [7, 11) is 1.83. The average Bonchev–Trinajstić information content (AvgIpc) is 2.90. The van der Waals surface area contributed by atoms with Gasteiger partial charge in [-0.2, -0.15) is 5.10 Å². The maximum absolute atomic E-state index is 11.6.